The molecule has 0 saturated carbocycles. The molecule has 2 aromatic carbocycles. The van der Waals surface area contributed by atoms with E-state index in [2.05, 4.69) is 4.98 Å². The van der Waals surface area contributed by atoms with E-state index in [9.17, 15) is 4.79 Å². The lowest BCUT2D eigenvalue weighted by atomic mass is 10.2. The Labute approximate surface area is 155 Å². The van der Waals surface area contributed by atoms with E-state index >= 15 is 0 Å². The predicted molar refractivity (Wildman–Crippen MR) is 106 cm³/mol. The van der Waals surface area contributed by atoms with Gasteiger partial charge in [-0.1, -0.05) is 41.7 Å². The smallest absolute Gasteiger partial charge is 0.295 e. The largest absolute Gasteiger partial charge is 0.451 e. The van der Waals surface area contributed by atoms with Gasteiger partial charge in [-0.2, -0.15) is 0 Å². The number of amides is 1. The number of para-hydroxylation sites is 2. The van der Waals surface area contributed by atoms with Gasteiger partial charge >= 0.3 is 0 Å². The van der Waals surface area contributed by atoms with Crippen molar-refractivity contribution in [2.24, 2.45) is 0 Å². The summed E-state index contributed by atoms with van der Waals surface area (Å²) in [6.45, 7) is 1.28. The monoisotopic (exact) mass is 365 g/mol. The van der Waals surface area contributed by atoms with Crippen LogP contribution in [0.15, 0.2) is 59.0 Å². The third-order valence-electron chi connectivity index (χ3n) is 4.17. The number of furan rings is 1. The van der Waals surface area contributed by atoms with Crippen LogP contribution in [0.5, 0.6) is 0 Å². The van der Waals surface area contributed by atoms with E-state index < -0.39 is 0 Å². The molecular formula is C20H19N3O2S. The summed E-state index contributed by atoms with van der Waals surface area (Å²) in [6.07, 6.45) is 0. The summed E-state index contributed by atoms with van der Waals surface area (Å²) in [7, 11) is 3.98. The van der Waals surface area contributed by atoms with Gasteiger partial charge in [-0.05, 0) is 38.4 Å². The van der Waals surface area contributed by atoms with E-state index in [1.165, 1.54) is 11.3 Å². The van der Waals surface area contributed by atoms with Crippen molar-refractivity contribution in [2.75, 3.05) is 32.1 Å². The first-order valence-corrected chi connectivity index (χ1v) is 9.24. The quantitative estimate of drug-likeness (QED) is 0.530. The maximum atomic E-state index is 13.2. The zero-order valence-corrected chi connectivity index (χ0v) is 15.5. The molecular weight excluding hydrogens is 346 g/mol. The van der Waals surface area contributed by atoms with Crippen molar-refractivity contribution in [3.8, 4) is 0 Å². The van der Waals surface area contributed by atoms with Gasteiger partial charge in [0, 0.05) is 18.5 Å². The molecule has 0 fully saturated rings. The highest BCUT2D eigenvalue weighted by Crippen LogP contribution is 2.30. The molecule has 0 radical (unpaired) electrons. The van der Waals surface area contributed by atoms with Crippen molar-refractivity contribution in [1.29, 1.82) is 0 Å². The molecule has 0 aliphatic heterocycles. The molecule has 5 nitrogen and oxygen atoms in total. The number of thiazole rings is 1. The lowest BCUT2D eigenvalue weighted by Gasteiger charge is -2.20. The van der Waals surface area contributed by atoms with Crippen LogP contribution in [0, 0.1) is 0 Å². The van der Waals surface area contributed by atoms with E-state index in [0.717, 1.165) is 22.1 Å². The number of nitrogens with zero attached hydrogens (tertiary/aromatic N) is 3. The van der Waals surface area contributed by atoms with Crippen LogP contribution in [0.25, 0.3) is 21.2 Å². The minimum Gasteiger partial charge on any atom is -0.451 e. The van der Waals surface area contributed by atoms with Gasteiger partial charge in [-0.25, -0.2) is 4.98 Å². The summed E-state index contributed by atoms with van der Waals surface area (Å²) in [4.78, 5) is 21.6. The normalized spacial score (nSPS) is 11.5. The Bertz CT molecular complexity index is 1000. The minimum absolute atomic E-state index is 0.165. The standard InChI is InChI=1S/C20H19N3O2S/c1-22(2)11-12-23(20-21-15-8-4-6-10-18(15)26-20)19(24)17-13-14-7-3-5-9-16(14)25-17/h3-10,13H,11-12H2,1-2H3. The SMILES string of the molecule is CN(C)CCN(C(=O)c1cc2ccccc2o1)c1nc2ccccc2s1. The third kappa shape index (κ3) is 3.21. The third-order valence-corrected chi connectivity index (χ3v) is 5.23. The van der Waals surface area contributed by atoms with Gasteiger partial charge in [-0.3, -0.25) is 9.69 Å². The van der Waals surface area contributed by atoms with E-state index in [1.807, 2.05) is 67.5 Å². The molecule has 2 heterocycles. The summed E-state index contributed by atoms with van der Waals surface area (Å²) in [6, 6.07) is 17.4. The van der Waals surface area contributed by atoms with Gasteiger partial charge in [0.1, 0.15) is 5.58 Å². The molecule has 1 amide bonds. The van der Waals surface area contributed by atoms with Crippen LogP contribution in [0.3, 0.4) is 0 Å². The predicted octanol–water partition coefficient (Wildman–Crippen LogP) is 4.25. The fourth-order valence-electron chi connectivity index (χ4n) is 2.78. The van der Waals surface area contributed by atoms with Crippen molar-refractivity contribution in [3.05, 3.63) is 60.4 Å². The minimum atomic E-state index is -0.165. The summed E-state index contributed by atoms with van der Waals surface area (Å²) < 4.78 is 6.85. The second-order valence-corrected chi connectivity index (χ2v) is 7.38. The van der Waals surface area contributed by atoms with Crippen LogP contribution in [0.4, 0.5) is 5.13 Å². The molecule has 0 unspecified atom stereocenters. The molecule has 132 valence electrons. The van der Waals surface area contributed by atoms with Crippen molar-refractivity contribution >= 4 is 43.6 Å². The van der Waals surface area contributed by atoms with Crippen molar-refractivity contribution in [2.45, 2.75) is 0 Å². The highest BCUT2D eigenvalue weighted by molar-refractivity contribution is 7.22. The number of hydrogen-bond donors (Lipinski definition) is 0. The maximum Gasteiger partial charge on any atom is 0.295 e. The van der Waals surface area contributed by atoms with Gasteiger partial charge in [0.05, 0.1) is 10.2 Å². The van der Waals surface area contributed by atoms with E-state index in [-0.39, 0.29) is 5.91 Å². The number of anilines is 1. The molecule has 0 aliphatic rings. The van der Waals surface area contributed by atoms with Crippen LogP contribution in [-0.2, 0) is 0 Å². The Morgan fingerprint density at radius 1 is 1.08 bits per heavy atom. The van der Waals surface area contributed by atoms with Crippen molar-refractivity contribution < 1.29 is 9.21 Å². The second kappa shape index (κ2) is 6.90. The number of aromatic nitrogens is 1. The van der Waals surface area contributed by atoms with E-state index in [4.69, 9.17) is 4.42 Å². The Balaban J connectivity index is 1.72. The average Bonchev–Trinajstić information content (AvgIpc) is 3.25. The number of carbonyl (C=O) groups excluding carboxylic acids is 1. The molecule has 4 rings (SSSR count). The van der Waals surface area contributed by atoms with Gasteiger partial charge < -0.3 is 9.32 Å². The fraction of sp³-hybridized carbons (Fsp3) is 0.200. The number of likely N-dealkylation sites (N-methyl/N-ethyl adjacent to an activating group) is 1. The van der Waals surface area contributed by atoms with Gasteiger partial charge in [0.15, 0.2) is 10.9 Å². The van der Waals surface area contributed by atoms with Crippen LogP contribution < -0.4 is 4.90 Å². The zero-order valence-electron chi connectivity index (χ0n) is 14.7. The highest BCUT2D eigenvalue weighted by atomic mass is 32.1. The lowest BCUT2D eigenvalue weighted by molar-refractivity contribution is 0.0960. The highest BCUT2D eigenvalue weighted by Gasteiger charge is 2.24. The number of rotatable bonds is 5. The maximum absolute atomic E-state index is 13.2. The second-order valence-electron chi connectivity index (χ2n) is 6.37. The van der Waals surface area contributed by atoms with E-state index in [1.54, 1.807) is 11.0 Å². The first-order chi connectivity index (χ1) is 12.6. The Morgan fingerprint density at radius 2 is 1.85 bits per heavy atom. The van der Waals surface area contributed by atoms with E-state index in [0.29, 0.717) is 23.0 Å². The van der Waals surface area contributed by atoms with Crippen LogP contribution in [0.2, 0.25) is 0 Å². The fourth-order valence-corrected chi connectivity index (χ4v) is 3.77. The number of benzene rings is 2. The molecule has 6 heteroatoms. The molecule has 2 aromatic heterocycles. The summed E-state index contributed by atoms with van der Waals surface area (Å²) >= 11 is 1.52. The molecule has 0 saturated heterocycles. The number of carbonyl (C=O) groups is 1. The van der Waals surface area contributed by atoms with Crippen LogP contribution in [-0.4, -0.2) is 43.0 Å². The summed E-state index contributed by atoms with van der Waals surface area (Å²) in [5.74, 6) is 0.173. The first-order valence-electron chi connectivity index (χ1n) is 8.42. The Morgan fingerprint density at radius 3 is 2.62 bits per heavy atom. The van der Waals surface area contributed by atoms with Gasteiger partial charge in [0.2, 0.25) is 0 Å². The van der Waals surface area contributed by atoms with Crippen molar-refractivity contribution in [3.63, 3.8) is 0 Å². The number of hydrogen-bond acceptors (Lipinski definition) is 5. The average molecular weight is 365 g/mol. The van der Waals surface area contributed by atoms with Gasteiger partial charge in [-0.15, -0.1) is 0 Å². The van der Waals surface area contributed by atoms with Crippen LogP contribution >= 0.6 is 11.3 Å². The first kappa shape index (κ1) is 16.8. The summed E-state index contributed by atoms with van der Waals surface area (Å²) in [5, 5.41) is 1.62. The molecule has 0 N–H and O–H groups in total. The zero-order chi connectivity index (χ0) is 18.1. The van der Waals surface area contributed by atoms with Crippen LogP contribution in [0.1, 0.15) is 10.6 Å². The molecule has 26 heavy (non-hydrogen) atoms. The molecule has 0 bridgehead atoms. The van der Waals surface area contributed by atoms with Crippen molar-refractivity contribution in [1.82, 2.24) is 9.88 Å². The number of fused-ring (bicyclic) bond motifs is 2. The summed E-state index contributed by atoms with van der Waals surface area (Å²) in [5.41, 5.74) is 1.62. The molecule has 0 atom stereocenters. The molecule has 4 aromatic rings. The Kier molecular flexibility index (Phi) is 4.44. The molecule has 0 aliphatic carbocycles. The topological polar surface area (TPSA) is 49.6 Å². The molecule has 0 spiro atoms. The Hall–Kier alpha value is -2.70. The van der Waals surface area contributed by atoms with Gasteiger partial charge in [0.25, 0.3) is 5.91 Å². The lowest BCUT2D eigenvalue weighted by Crippen LogP contribution is -2.36.